The molecule has 1 aromatic heterocycles. The van der Waals surface area contributed by atoms with E-state index in [-0.39, 0.29) is 11.2 Å². The minimum absolute atomic E-state index is 0.108. The number of fused-ring (bicyclic) bond motifs is 1. The van der Waals surface area contributed by atoms with Gasteiger partial charge in [-0.2, -0.15) is 0 Å². The van der Waals surface area contributed by atoms with Gasteiger partial charge < -0.3 is 5.32 Å². The smallest absolute Gasteiger partial charge is 0.237 e. The number of carbonyl (C=O) groups excluding carboxylic acids is 1. The van der Waals surface area contributed by atoms with Crippen molar-refractivity contribution >= 4 is 44.9 Å². The number of aryl methyl sites for hydroxylation is 1. The normalized spacial score (nSPS) is 17.3. The number of rotatable bonds is 3. The number of thioether (sulfide) groups is 1. The highest BCUT2D eigenvalue weighted by molar-refractivity contribution is 8.00. The second-order valence-electron chi connectivity index (χ2n) is 6.06. The van der Waals surface area contributed by atoms with E-state index in [0.717, 1.165) is 40.4 Å². The van der Waals surface area contributed by atoms with Gasteiger partial charge in [0.2, 0.25) is 5.91 Å². The number of nitrogens with zero attached hydrogens (tertiary/aromatic N) is 1. The molecule has 122 valence electrons. The summed E-state index contributed by atoms with van der Waals surface area (Å²) in [4.78, 5) is 16.9. The summed E-state index contributed by atoms with van der Waals surface area (Å²) in [6.45, 7) is 2.10. The first kappa shape index (κ1) is 15.7. The summed E-state index contributed by atoms with van der Waals surface area (Å²) in [6, 6.07) is 14.3. The molecule has 0 aliphatic carbocycles. The van der Waals surface area contributed by atoms with Gasteiger partial charge in [-0.3, -0.25) is 4.79 Å². The molecule has 1 fully saturated rings. The molecule has 0 spiro atoms. The fourth-order valence-electron chi connectivity index (χ4n) is 2.86. The number of amides is 1. The molecule has 5 heteroatoms. The topological polar surface area (TPSA) is 42.0 Å². The highest BCUT2D eigenvalue weighted by Crippen LogP contribution is 2.32. The Bertz CT molecular complexity index is 880. The minimum Gasteiger partial charge on any atom is -0.325 e. The standard InChI is InChI=1S/C19H18N2OS2/c1-12-4-9-15-17(11-12)24-19(21-15)13-5-7-14(8-6-13)20-18(22)16-3-2-10-23-16/h4-9,11,16H,2-3,10H2,1H3,(H,20,22). The zero-order valence-electron chi connectivity index (χ0n) is 13.4. The summed E-state index contributed by atoms with van der Waals surface area (Å²) in [7, 11) is 0. The number of carbonyl (C=O) groups is 1. The van der Waals surface area contributed by atoms with Crippen LogP contribution in [0.4, 0.5) is 5.69 Å². The molecule has 2 heterocycles. The van der Waals surface area contributed by atoms with Gasteiger partial charge in [-0.05, 0) is 67.5 Å². The van der Waals surface area contributed by atoms with Crippen molar-refractivity contribution in [3.63, 3.8) is 0 Å². The summed E-state index contributed by atoms with van der Waals surface area (Å²) >= 11 is 3.46. The van der Waals surface area contributed by atoms with Gasteiger partial charge in [0.15, 0.2) is 0 Å². The third-order valence-corrected chi connectivity index (χ3v) is 6.61. The van der Waals surface area contributed by atoms with Gasteiger partial charge in [-0.15, -0.1) is 23.1 Å². The Morgan fingerprint density at radius 3 is 2.79 bits per heavy atom. The average Bonchev–Trinajstić information content (AvgIpc) is 3.24. The first-order chi connectivity index (χ1) is 11.7. The molecule has 0 bridgehead atoms. The molecule has 3 aromatic rings. The van der Waals surface area contributed by atoms with Crippen LogP contribution in [0.15, 0.2) is 42.5 Å². The fraction of sp³-hybridized carbons (Fsp3) is 0.263. The molecule has 1 atom stereocenters. The average molecular weight is 354 g/mol. The van der Waals surface area contributed by atoms with E-state index in [1.165, 1.54) is 10.3 Å². The lowest BCUT2D eigenvalue weighted by molar-refractivity contribution is -0.115. The summed E-state index contributed by atoms with van der Waals surface area (Å²) in [5.41, 5.74) is 4.23. The number of benzene rings is 2. The largest absolute Gasteiger partial charge is 0.325 e. The van der Waals surface area contributed by atoms with Gasteiger partial charge in [-0.25, -0.2) is 4.98 Å². The lowest BCUT2D eigenvalue weighted by Crippen LogP contribution is -2.22. The number of thiazole rings is 1. The molecule has 24 heavy (non-hydrogen) atoms. The molecule has 3 nitrogen and oxygen atoms in total. The van der Waals surface area contributed by atoms with Crippen molar-refractivity contribution < 1.29 is 4.79 Å². The minimum atomic E-state index is 0.108. The molecule has 1 saturated heterocycles. The maximum absolute atomic E-state index is 12.2. The van der Waals surface area contributed by atoms with Gasteiger partial charge in [0, 0.05) is 11.3 Å². The van der Waals surface area contributed by atoms with Crippen LogP contribution in [0, 0.1) is 6.92 Å². The second kappa shape index (κ2) is 6.57. The van der Waals surface area contributed by atoms with Crippen molar-refractivity contribution in [2.45, 2.75) is 25.0 Å². The van der Waals surface area contributed by atoms with Crippen molar-refractivity contribution in [2.75, 3.05) is 11.1 Å². The van der Waals surface area contributed by atoms with Crippen molar-refractivity contribution in [1.29, 1.82) is 0 Å². The molecule has 0 saturated carbocycles. The first-order valence-corrected chi connectivity index (χ1v) is 9.96. The highest BCUT2D eigenvalue weighted by atomic mass is 32.2. The zero-order valence-corrected chi connectivity index (χ0v) is 15.0. The molecule has 2 aromatic carbocycles. The summed E-state index contributed by atoms with van der Waals surface area (Å²) in [5.74, 6) is 1.22. The quantitative estimate of drug-likeness (QED) is 0.711. The third kappa shape index (κ3) is 3.19. The number of hydrogen-bond acceptors (Lipinski definition) is 4. The van der Waals surface area contributed by atoms with Gasteiger partial charge in [-0.1, -0.05) is 6.07 Å². The molecule has 1 aliphatic rings. The molecular weight excluding hydrogens is 336 g/mol. The Kier molecular flexibility index (Phi) is 4.29. The third-order valence-electron chi connectivity index (χ3n) is 4.17. The van der Waals surface area contributed by atoms with Gasteiger partial charge in [0.05, 0.1) is 15.5 Å². The van der Waals surface area contributed by atoms with Crippen LogP contribution in [0.25, 0.3) is 20.8 Å². The lowest BCUT2D eigenvalue weighted by Gasteiger charge is -2.10. The van der Waals surface area contributed by atoms with Crippen LogP contribution in [0.1, 0.15) is 18.4 Å². The van der Waals surface area contributed by atoms with E-state index >= 15 is 0 Å². The molecular formula is C19H18N2OS2. The van der Waals surface area contributed by atoms with Crippen molar-refractivity contribution in [2.24, 2.45) is 0 Å². The Hall–Kier alpha value is -1.85. The first-order valence-electron chi connectivity index (χ1n) is 8.09. The monoisotopic (exact) mass is 354 g/mol. The molecule has 1 N–H and O–H groups in total. The highest BCUT2D eigenvalue weighted by Gasteiger charge is 2.23. The van der Waals surface area contributed by atoms with Crippen molar-refractivity contribution in [3.05, 3.63) is 48.0 Å². The SMILES string of the molecule is Cc1ccc2nc(-c3ccc(NC(=O)C4CCCS4)cc3)sc2c1. The van der Waals surface area contributed by atoms with Gasteiger partial charge in [0.25, 0.3) is 0 Å². The van der Waals surface area contributed by atoms with Crippen LogP contribution >= 0.6 is 23.1 Å². The van der Waals surface area contributed by atoms with Crippen molar-refractivity contribution in [3.8, 4) is 10.6 Å². The van der Waals surface area contributed by atoms with Crippen LogP contribution in [0.2, 0.25) is 0 Å². The predicted octanol–water partition coefficient (Wildman–Crippen LogP) is 5.11. The van der Waals surface area contributed by atoms with Gasteiger partial charge >= 0.3 is 0 Å². The van der Waals surface area contributed by atoms with E-state index < -0.39 is 0 Å². The molecule has 4 rings (SSSR count). The van der Waals surface area contributed by atoms with Crippen molar-refractivity contribution in [1.82, 2.24) is 4.98 Å². The number of aromatic nitrogens is 1. The molecule has 1 amide bonds. The Morgan fingerprint density at radius 2 is 2.04 bits per heavy atom. The predicted molar refractivity (Wildman–Crippen MR) is 104 cm³/mol. The second-order valence-corrected chi connectivity index (χ2v) is 8.40. The Labute approximate surface area is 149 Å². The number of anilines is 1. The van der Waals surface area contributed by atoms with Crippen LogP contribution in [-0.2, 0) is 4.79 Å². The summed E-state index contributed by atoms with van der Waals surface area (Å²) in [5, 5.41) is 4.14. The van der Waals surface area contributed by atoms with Crippen LogP contribution in [0.5, 0.6) is 0 Å². The number of nitrogens with one attached hydrogen (secondary N) is 1. The fourth-order valence-corrected chi connectivity index (χ4v) is 5.09. The Morgan fingerprint density at radius 1 is 1.21 bits per heavy atom. The summed E-state index contributed by atoms with van der Waals surface area (Å²) in [6.07, 6.45) is 2.12. The molecule has 1 unspecified atom stereocenters. The van der Waals surface area contributed by atoms with Gasteiger partial charge in [0.1, 0.15) is 5.01 Å². The zero-order chi connectivity index (χ0) is 16.5. The maximum atomic E-state index is 12.2. The lowest BCUT2D eigenvalue weighted by atomic mass is 10.2. The summed E-state index contributed by atoms with van der Waals surface area (Å²) < 4.78 is 1.21. The Balaban J connectivity index is 1.53. The van der Waals surface area contributed by atoms with E-state index in [1.807, 2.05) is 24.3 Å². The number of hydrogen-bond donors (Lipinski definition) is 1. The maximum Gasteiger partial charge on any atom is 0.237 e. The van der Waals surface area contributed by atoms with E-state index in [4.69, 9.17) is 4.98 Å². The molecule has 0 radical (unpaired) electrons. The van der Waals surface area contributed by atoms with Crippen LogP contribution < -0.4 is 5.32 Å². The van der Waals surface area contributed by atoms with E-state index in [1.54, 1.807) is 23.1 Å². The molecule has 1 aliphatic heterocycles. The van der Waals surface area contributed by atoms with Crippen LogP contribution in [-0.4, -0.2) is 21.9 Å². The van der Waals surface area contributed by atoms with E-state index in [0.29, 0.717) is 0 Å². The van der Waals surface area contributed by atoms with E-state index in [2.05, 4.69) is 30.4 Å². The van der Waals surface area contributed by atoms with E-state index in [9.17, 15) is 4.79 Å². The van der Waals surface area contributed by atoms with Crippen LogP contribution in [0.3, 0.4) is 0 Å².